The summed E-state index contributed by atoms with van der Waals surface area (Å²) in [6.45, 7) is 3.08. The van der Waals surface area contributed by atoms with E-state index in [2.05, 4.69) is 12.2 Å². The Balaban J connectivity index is 2.04. The van der Waals surface area contributed by atoms with Crippen LogP contribution >= 0.6 is 23.5 Å². The fourth-order valence-corrected chi connectivity index (χ4v) is 5.32. The second-order valence-corrected chi connectivity index (χ2v) is 7.32. The van der Waals surface area contributed by atoms with E-state index in [0.29, 0.717) is 17.0 Å². The molecule has 0 radical (unpaired) electrons. The average molecular weight is 315 g/mol. The number of methoxy groups -OCH3 is 1. The van der Waals surface area contributed by atoms with Gasteiger partial charge in [-0.05, 0) is 30.7 Å². The topological polar surface area (TPSA) is 21.3 Å². The van der Waals surface area contributed by atoms with Gasteiger partial charge in [0.05, 0.1) is 7.11 Å². The van der Waals surface area contributed by atoms with Crippen molar-refractivity contribution in [3.63, 3.8) is 0 Å². The maximum absolute atomic E-state index is 13.8. The standard InChI is InChI=1S/C15H22FNOS2/c1-3-17-13(15-10-19-6-7-20-15)9-11-4-5-14(18-2)12(16)8-11/h4-5,8,13,15,17H,3,6-7,9-10H2,1-2H3. The first kappa shape index (κ1) is 16.0. The van der Waals surface area contributed by atoms with E-state index in [0.717, 1.165) is 18.5 Å². The Morgan fingerprint density at radius 1 is 1.45 bits per heavy atom. The van der Waals surface area contributed by atoms with E-state index in [1.54, 1.807) is 12.1 Å². The van der Waals surface area contributed by atoms with Gasteiger partial charge in [-0.3, -0.25) is 0 Å². The summed E-state index contributed by atoms with van der Waals surface area (Å²) in [7, 11) is 1.50. The number of likely N-dealkylation sites (N-methyl/N-ethyl adjacent to an activating group) is 1. The lowest BCUT2D eigenvalue weighted by Gasteiger charge is -2.30. The van der Waals surface area contributed by atoms with Crippen LogP contribution in [-0.2, 0) is 6.42 Å². The van der Waals surface area contributed by atoms with Gasteiger partial charge in [0, 0.05) is 28.6 Å². The molecule has 2 rings (SSSR count). The lowest BCUT2D eigenvalue weighted by molar-refractivity contribution is 0.386. The first-order valence-electron chi connectivity index (χ1n) is 6.99. The van der Waals surface area contributed by atoms with Crippen molar-refractivity contribution in [1.82, 2.24) is 5.32 Å². The van der Waals surface area contributed by atoms with Crippen LogP contribution < -0.4 is 10.1 Å². The van der Waals surface area contributed by atoms with Gasteiger partial charge < -0.3 is 10.1 Å². The average Bonchev–Trinajstić information content (AvgIpc) is 2.48. The third-order valence-electron chi connectivity index (χ3n) is 3.43. The molecule has 2 nitrogen and oxygen atoms in total. The lowest BCUT2D eigenvalue weighted by atomic mass is 10.0. The van der Waals surface area contributed by atoms with E-state index in [4.69, 9.17) is 4.74 Å². The number of thioether (sulfide) groups is 2. The van der Waals surface area contributed by atoms with Gasteiger partial charge in [0.1, 0.15) is 0 Å². The van der Waals surface area contributed by atoms with Crippen molar-refractivity contribution < 1.29 is 9.13 Å². The largest absolute Gasteiger partial charge is 0.494 e. The minimum atomic E-state index is -0.272. The molecule has 1 fully saturated rings. The van der Waals surface area contributed by atoms with Crippen LogP contribution in [0.4, 0.5) is 4.39 Å². The maximum atomic E-state index is 13.8. The normalized spacial score (nSPS) is 20.6. The van der Waals surface area contributed by atoms with Crippen molar-refractivity contribution in [3.8, 4) is 5.75 Å². The molecule has 0 bridgehead atoms. The monoisotopic (exact) mass is 315 g/mol. The van der Waals surface area contributed by atoms with E-state index in [1.807, 2.05) is 29.6 Å². The molecule has 0 saturated carbocycles. The van der Waals surface area contributed by atoms with Gasteiger partial charge in [0.15, 0.2) is 11.6 Å². The van der Waals surface area contributed by atoms with Crippen molar-refractivity contribution in [2.75, 3.05) is 30.9 Å². The van der Waals surface area contributed by atoms with Gasteiger partial charge in [0.25, 0.3) is 0 Å². The molecule has 1 aliphatic heterocycles. The summed E-state index contributed by atoms with van der Waals surface area (Å²) >= 11 is 4.06. The van der Waals surface area contributed by atoms with Crippen molar-refractivity contribution in [2.45, 2.75) is 24.6 Å². The van der Waals surface area contributed by atoms with Gasteiger partial charge >= 0.3 is 0 Å². The molecule has 0 aromatic heterocycles. The van der Waals surface area contributed by atoms with Gasteiger partial charge in [-0.2, -0.15) is 23.5 Å². The Kier molecular flexibility index (Phi) is 6.52. The summed E-state index contributed by atoms with van der Waals surface area (Å²) in [5.41, 5.74) is 1.03. The van der Waals surface area contributed by atoms with Crippen molar-refractivity contribution >= 4 is 23.5 Å². The molecule has 1 saturated heterocycles. The summed E-state index contributed by atoms with van der Waals surface area (Å²) in [5.74, 6) is 3.69. The summed E-state index contributed by atoms with van der Waals surface area (Å²) in [6.07, 6.45) is 0.868. The predicted molar refractivity (Wildman–Crippen MR) is 87.7 cm³/mol. The summed E-state index contributed by atoms with van der Waals surface area (Å²) < 4.78 is 18.7. The molecule has 0 aliphatic carbocycles. The summed E-state index contributed by atoms with van der Waals surface area (Å²) in [6, 6.07) is 5.69. The fraction of sp³-hybridized carbons (Fsp3) is 0.600. The number of nitrogens with one attached hydrogen (secondary N) is 1. The second-order valence-electron chi connectivity index (χ2n) is 4.82. The quantitative estimate of drug-likeness (QED) is 0.870. The SMILES string of the molecule is CCNC(Cc1ccc(OC)c(F)c1)C1CSCCS1. The number of benzene rings is 1. The van der Waals surface area contributed by atoms with E-state index >= 15 is 0 Å². The third kappa shape index (κ3) is 4.30. The molecule has 1 N–H and O–H groups in total. The van der Waals surface area contributed by atoms with E-state index in [1.165, 1.54) is 24.4 Å². The Hall–Kier alpha value is -0.390. The summed E-state index contributed by atoms with van der Waals surface area (Å²) in [4.78, 5) is 0. The minimum Gasteiger partial charge on any atom is -0.494 e. The molecule has 1 aliphatic rings. The van der Waals surface area contributed by atoms with E-state index in [9.17, 15) is 4.39 Å². The highest BCUT2D eigenvalue weighted by Crippen LogP contribution is 2.28. The highest BCUT2D eigenvalue weighted by molar-refractivity contribution is 8.06. The molecule has 20 heavy (non-hydrogen) atoms. The lowest BCUT2D eigenvalue weighted by Crippen LogP contribution is -2.42. The van der Waals surface area contributed by atoms with E-state index < -0.39 is 0 Å². The van der Waals surface area contributed by atoms with Crippen molar-refractivity contribution in [2.24, 2.45) is 0 Å². The highest BCUT2D eigenvalue weighted by Gasteiger charge is 2.24. The van der Waals surface area contributed by atoms with Crippen LogP contribution in [0.1, 0.15) is 12.5 Å². The molecule has 0 amide bonds. The van der Waals surface area contributed by atoms with Crippen LogP contribution in [0.3, 0.4) is 0 Å². The van der Waals surface area contributed by atoms with Crippen molar-refractivity contribution in [1.29, 1.82) is 0 Å². The number of hydrogen-bond donors (Lipinski definition) is 1. The molecule has 1 aromatic carbocycles. The first-order chi connectivity index (χ1) is 9.74. The Morgan fingerprint density at radius 2 is 2.30 bits per heavy atom. The van der Waals surface area contributed by atoms with Crippen LogP contribution in [-0.4, -0.2) is 42.2 Å². The van der Waals surface area contributed by atoms with Gasteiger partial charge in [-0.15, -0.1) is 0 Å². The van der Waals surface area contributed by atoms with Gasteiger partial charge in [-0.25, -0.2) is 4.39 Å². The van der Waals surface area contributed by atoms with Crippen LogP contribution in [0.15, 0.2) is 18.2 Å². The van der Waals surface area contributed by atoms with Crippen LogP contribution in [0.2, 0.25) is 0 Å². The summed E-state index contributed by atoms with van der Waals surface area (Å²) in [5, 5.41) is 4.17. The number of ether oxygens (including phenoxy) is 1. The van der Waals surface area contributed by atoms with E-state index in [-0.39, 0.29) is 5.82 Å². The first-order valence-corrected chi connectivity index (χ1v) is 9.20. The maximum Gasteiger partial charge on any atom is 0.165 e. The number of halogens is 1. The molecule has 0 spiro atoms. The van der Waals surface area contributed by atoms with Crippen LogP contribution in [0, 0.1) is 5.82 Å². The molecular weight excluding hydrogens is 293 g/mol. The third-order valence-corrected chi connectivity index (χ3v) is 6.35. The Labute approximate surface area is 129 Å². The van der Waals surface area contributed by atoms with Gasteiger partial charge in [-0.1, -0.05) is 13.0 Å². The highest BCUT2D eigenvalue weighted by atomic mass is 32.2. The molecule has 5 heteroatoms. The van der Waals surface area contributed by atoms with Crippen LogP contribution in [0.25, 0.3) is 0 Å². The second kappa shape index (κ2) is 8.15. The molecular formula is C15H22FNOS2. The zero-order valence-corrected chi connectivity index (χ0v) is 13.7. The Bertz CT molecular complexity index is 424. The number of rotatable bonds is 6. The van der Waals surface area contributed by atoms with Gasteiger partial charge in [0.2, 0.25) is 0 Å². The van der Waals surface area contributed by atoms with Crippen LogP contribution in [0.5, 0.6) is 5.75 Å². The molecule has 2 atom stereocenters. The van der Waals surface area contributed by atoms with Crippen molar-refractivity contribution in [3.05, 3.63) is 29.6 Å². The Morgan fingerprint density at radius 3 is 2.90 bits per heavy atom. The molecule has 2 unspecified atom stereocenters. The molecule has 1 heterocycles. The number of hydrogen-bond acceptors (Lipinski definition) is 4. The smallest absolute Gasteiger partial charge is 0.165 e. The fourth-order valence-electron chi connectivity index (χ4n) is 2.43. The molecule has 1 aromatic rings. The predicted octanol–water partition coefficient (Wildman–Crippen LogP) is 3.20. The minimum absolute atomic E-state index is 0.272. The molecule has 112 valence electrons. The zero-order valence-electron chi connectivity index (χ0n) is 12.0. The zero-order chi connectivity index (χ0) is 14.4.